The maximum absolute atomic E-state index is 11.8. The molecule has 0 radical (unpaired) electrons. The molecule has 1 aromatic carbocycles. The molecule has 4 heteroatoms. The molecule has 0 saturated heterocycles. The molecule has 1 aromatic rings. The van der Waals surface area contributed by atoms with Gasteiger partial charge >= 0.3 is 5.97 Å². The minimum Gasteiger partial charge on any atom is -0.478 e. The van der Waals surface area contributed by atoms with Crippen molar-refractivity contribution >= 4 is 17.6 Å². The molecule has 2 rings (SSSR count). The summed E-state index contributed by atoms with van der Waals surface area (Å²) in [6, 6.07) is 6.55. The van der Waals surface area contributed by atoms with Crippen LogP contribution in [0.3, 0.4) is 0 Å². The van der Waals surface area contributed by atoms with Gasteiger partial charge < -0.3 is 10.0 Å². The zero-order valence-electron chi connectivity index (χ0n) is 9.01. The molecule has 1 amide bonds. The molecule has 1 aliphatic rings. The van der Waals surface area contributed by atoms with E-state index in [1.807, 2.05) is 0 Å². The van der Waals surface area contributed by atoms with Crippen molar-refractivity contribution in [1.29, 1.82) is 0 Å². The highest BCUT2D eigenvalue weighted by Gasteiger charge is 2.33. The summed E-state index contributed by atoms with van der Waals surface area (Å²) in [5, 5.41) is 9.01. The lowest BCUT2D eigenvalue weighted by atomic mass is 10.1. The van der Waals surface area contributed by atoms with E-state index in [0.717, 1.165) is 12.8 Å². The van der Waals surface area contributed by atoms with Crippen molar-refractivity contribution in [3.05, 3.63) is 29.8 Å². The molecule has 0 aromatic heterocycles. The van der Waals surface area contributed by atoms with Crippen molar-refractivity contribution < 1.29 is 14.7 Å². The Morgan fingerprint density at radius 1 is 1.31 bits per heavy atom. The largest absolute Gasteiger partial charge is 0.478 e. The molecule has 1 aliphatic carbocycles. The topological polar surface area (TPSA) is 57.6 Å². The van der Waals surface area contributed by atoms with E-state index >= 15 is 0 Å². The summed E-state index contributed by atoms with van der Waals surface area (Å²) in [7, 11) is 1.63. The number of carboxylic acids is 1. The van der Waals surface area contributed by atoms with Crippen LogP contribution in [0.15, 0.2) is 24.3 Å². The Morgan fingerprint density at radius 3 is 2.50 bits per heavy atom. The van der Waals surface area contributed by atoms with E-state index in [2.05, 4.69) is 0 Å². The third-order valence-electron chi connectivity index (χ3n) is 2.75. The molecule has 0 unspecified atom stereocenters. The highest BCUT2D eigenvalue weighted by Crippen LogP contribution is 2.32. The number of carboxylic acid groups (broad SMARTS) is 1. The van der Waals surface area contributed by atoms with E-state index in [-0.39, 0.29) is 17.4 Å². The van der Waals surface area contributed by atoms with Crippen LogP contribution in [0.1, 0.15) is 23.2 Å². The maximum atomic E-state index is 11.8. The van der Waals surface area contributed by atoms with Gasteiger partial charge in [0.15, 0.2) is 0 Å². The van der Waals surface area contributed by atoms with Crippen molar-refractivity contribution in [1.82, 2.24) is 0 Å². The first-order chi connectivity index (χ1) is 7.61. The molecule has 0 bridgehead atoms. The Balaban J connectivity index is 2.31. The number of aromatic carboxylic acids is 1. The summed E-state index contributed by atoms with van der Waals surface area (Å²) in [6.07, 6.45) is 1.83. The van der Waals surface area contributed by atoms with Gasteiger partial charge in [-0.1, -0.05) is 12.1 Å². The molecular formula is C12H13NO3. The number of para-hydroxylation sites is 1. The fourth-order valence-electron chi connectivity index (χ4n) is 1.67. The first kappa shape index (κ1) is 10.7. The maximum Gasteiger partial charge on any atom is 0.337 e. The minimum absolute atomic E-state index is 0.00806. The van der Waals surface area contributed by atoms with Crippen LogP contribution in [0.25, 0.3) is 0 Å². The summed E-state index contributed by atoms with van der Waals surface area (Å²) in [5.74, 6) is -0.911. The molecule has 1 saturated carbocycles. The van der Waals surface area contributed by atoms with Crippen LogP contribution < -0.4 is 4.90 Å². The Bertz CT molecular complexity index is 438. The zero-order chi connectivity index (χ0) is 11.7. The van der Waals surface area contributed by atoms with Gasteiger partial charge in [0.25, 0.3) is 0 Å². The smallest absolute Gasteiger partial charge is 0.337 e. The van der Waals surface area contributed by atoms with Crippen molar-refractivity contribution in [2.45, 2.75) is 12.8 Å². The standard InChI is InChI=1S/C12H13NO3/c1-13(11(14)8-6-7-8)10-5-3-2-4-9(10)12(15)16/h2-5,8H,6-7H2,1H3,(H,15,16). The van der Waals surface area contributed by atoms with Crippen molar-refractivity contribution in [2.75, 3.05) is 11.9 Å². The molecule has 0 atom stereocenters. The zero-order valence-corrected chi connectivity index (χ0v) is 9.01. The minimum atomic E-state index is -1.01. The lowest BCUT2D eigenvalue weighted by Gasteiger charge is -2.18. The number of amides is 1. The van der Waals surface area contributed by atoms with Crippen molar-refractivity contribution in [3.8, 4) is 0 Å². The average molecular weight is 219 g/mol. The van der Waals surface area contributed by atoms with E-state index in [4.69, 9.17) is 5.11 Å². The second kappa shape index (κ2) is 3.96. The molecule has 0 heterocycles. The van der Waals surface area contributed by atoms with E-state index in [1.165, 1.54) is 11.0 Å². The summed E-state index contributed by atoms with van der Waals surface area (Å²) in [5.41, 5.74) is 0.630. The second-order valence-electron chi connectivity index (χ2n) is 3.99. The quantitative estimate of drug-likeness (QED) is 0.842. The van der Waals surface area contributed by atoms with E-state index in [9.17, 15) is 9.59 Å². The lowest BCUT2D eigenvalue weighted by Crippen LogP contribution is -2.29. The van der Waals surface area contributed by atoms with Gasteiger partial charge in [0.2, 0.25) is 5.91 Å². The van der Waals surface area contributed by atoms with Crippen LogP contribution in [0.5, 0.6) is 0 Å². The average Bonchev–Trinajstić information content (AvgIpc) is 3.11. The third kappa shape index (κ3) is 1.91. The Morgan fingerprint density at radius 2 is 1.94 bits per heavy atom. The summed E-state index contributed by atoms with van der Waals surface area (Å²) in [4.78, 5) is 24.3. The highest BCUT2D eigenvalue weighted by molar-refractivity contribution is 6.02. The van der Waals surface area contributed by atoms with Gasteiger partial charge in [-0.15, -0.1) is 0 Å². The number of benzene rings is 1. The Hall–Kier alpha value is -1.84. The van der Waals surface area contributed by atoms with Crippen LogP contribution in [0, 0.1) is 5.92 Å². The van der Waals surface area contributed by atoms with E-state index in [1.54, 1.807) is 25.2 Å². The van der Waals surface area contributed by atoms with E-state index < -0.39 is 5.97 Å². The fourth-order valence-corrected chi connectivity index (χ4v) is 1.67. The Labute approximate surface area is 93.5 Å². The van der Waals surface area contributed by atoms with Gasteiger partial charge in [0, 0.05) is 13.0 Å². The predicted octanol–water partition coefficient (Wildman–Crippen LogP) is 1.76. The van der Waals surface area contributed by atoms with Gasteiger partial charge in [-0.25, -0.2) is 4.79 Å². The van der Waals surface area contributed by atoms with Gasteiger partial charge in [-0.05, 0) is 25.0 Å². The van der Waals surface area contributed by atoms with Crippen LogP contribution in [-0.4, -0.2) is 24.0 Å². The first-order valence-electron chi connectivity index (χ1n) is 5.21. The normalized spacial score (nSPS) is 14.6. The predicted molar refractivity (Wildman–Crippen MR) is 59.5 cm³/mol. The van der Waals surface area contributed by atoms with Crippen molar-refractivity contribution in [2.24, 2.45) is 5.92 Å². The van der Waals surface area contributed by atoms with Crippen LogP contribution in [0.2, 0.25) is 0 Å². The number of carbonyl (C=O) groups is 2. The summed E-state index contributed by atoms with van der Waals surface area (Å²) in [6.45, 7) is 0. The van der Waals surface area contributed by atoms with Gasteiger partial charge in [0.05, 0.1) is 11.3 Å². The fraction of sp³-hybridized carbons (Fsp3) is 0.333. The number of rotatable bonds is 3. The number of anilines is 1. The lowest BCUT2D eigenvalue weighted by molar-refractivity contribution is -0.119. The first-order valence-corrected chi connectivity index (χ1v) is 5.21. The Kier molecular flexibility index (Phi) is 2.64. The molecule has 84 valence electrons. The molecule has 0 spiro atoms. The molecule has 1 fully saturated rings. The van der Waals surface area contributed by atoms with Crippen LogP contribution >= 0.6 is 0 Å². The SMILES string of the molecule is CN(C(=O)C1CC1)c1ccccc1C(=O)O. The number of carbonyl (C=O) groups excluding carboxylic acids is 1. The second-order valence-corrected chi connectivity index (χ2v) is 3.99. The molecular weight excluding hydrogens is 206 g/mol. The van der Waals surface area contributed by atoms with Crippen molar-refractivity contribution in [3.63, 3.8) is 0 Å². The van der Waals surface area contributed by atoms with Gasteiger partial charge in [-0.2, -0.15) is 0 Å². The molecule has 4 nitrogen and oxygen atoms in total. The van der Waals surface area contributed by atoms with E-state index in [0.29, 0.717) is 5.69 Å². The summed E-state index contributed by atoms with van der Waals surface area (Å²) < 4.78 is 0. The summed E-state index contributed by atoms with van der Waals surface area (Å²) >= 11 is 0. The molecule has 0 aliphatic heterocycles. The molecule has 1 N–H and O–H groups in total. The van der Waals surface area contributed by atoms with Gasteiger partial charge in [0.1, 0.15) is 0 Å². The van der Waals surface area contributed by atoms with Crippen LogP contribution in [0.4, 0.5) is 5.69 Å². The number of nitrogens with zero attached hydrogens (tertiary/aromatic N) is 1. The number of hydrogen-bond acceptors (Lipinski definition) is 2. The molecule has 16 heavy (non-hydrogen) atoms. The van der Waals surface area contributed by atoms with Gasteiger partial charge in [-0.3, -0.25) is 4.79 Å². The monoisotopic (exact) mass is 219 g/mol. The number of hydrogen-bond donors (Lipinski definition) is 1. The highest BCUT2D eigenvalue weighted by atomic mass is 16.4. The third-order valence-corrected chi connectivity index (χ3v) is 2.75. The van der Waals surface area contributed by atoms with Crippen LogP contribution in [-0.2, 0) is 4.79 Å².